The summed E-state index contributed by atoms with van der Waals surface area (Å²) in [5, 5.41) is 16.1. The maximum atomic E-state index is 12.3. The molecule has 0 aliphatic rings. The highest BCUT2D eigenvalue weighted by Gasteiger charge is 2.20. The largest absolute Gasteiger partial charge is 0.449 e. The lowest BCUT2D eigenvalue weighted by molar-refractivity contribution is -0.130. The van der Waals surface area contributed by atoms with Crippen LogP contribution in [0.4, 0.5) is 5.69 Å². The van der Waals surface area contributed by atoms with Crippen molar-refractivity contribution in [2.24, 2.45) is 0 Å². The number of hydrogen-bond donors (Lipinski definition) is 2. The highest BCUT2D eigenvalue weighted by atomic mass is 16.5. The summed E-state index contributed by atoms with van der Waals surface area (Å²) in [5.41, 5.74) is 3.50. The molecule has 3 aromatic rings. The molecular weight excluding hydrogens is 400 g/mol. The van der Waals surface area contributed by atoms with Gasteiger partial charge < -0.3 is 15.4 Å². The topological polar surface area (TPSA) is 128 Å². The van der Waals surface area contributed by atoms with Crippen molar-refractivity contribution in [2.45, 2.75) is 26.9 Å². The monoisotopic (exact) mass is 422 g/mol. The van der Waals surface area contributed by atoms with Gasteiger partial charge >= 0.3 is 5.97 Å². The second-order valence-electron chi connectivity index (χ2n) is 6.88. The Bertz CT molecular complexity index is 1060. The van der Waals surface area contributed by atoms with Gasteiger partial charge in [-0.05, 0) is 66.6 Å². The molecule has 2 aromatic carbocycles. The number of nitrogens with one attached hydrogen (secondary N) is 2. The van der Waals surface area contributed by atoms with Gasteiger partial charge in [0.1, 0.15) is 6.33 Å². The first-order chi connectivity index (χ1) is 14.8. The molecule has 1 atom stereocenters. The molecule has 2 amide bonds. The summed E-state index contributed by atoms with van der Waals surface area (Å²) >= 11 is 0. The molecule has 0 spiro atoms. The molecular formula is C21H22N6O4. The minimum absolute atomic E-state index is 0.241. The van der Waals surface area contributed by atoms with Crippen molar-refractivity contribution in [3.8, 4) is 5.69 Å². The van der Waals surface area contributed by atoms with Crippen LogP contribution in [0.2, 0.25) is 0 Å². The standard InChI is InChI=1S/C21H22N6O4/c1-13-5-4-6-14(2)19(13)24-18(28)11-22-20(29)15(3)31-21(30)16-7-9-17(10-8-16)27-12-23-25-26-27/h4-10,12,15H,11H2,1-3H3,(H,22,29)(H,24,28). The van der Waals surface area contributed by atoms with Gasteiger partial charge in [0.25, 0.3) is 5.91 Å². The Morgan fingerprint density at radius 3 is 2.35 bits per heavy atom. The predicted octanol–water partition coefficient (Wildman–Crippen LogP) is 1.58. The van der Waals surface area contributed by atoms with E-state index in [9.17, 15) is 14.4 Å². The number of rotatable bonds is 7. The minimum Gasteiger partial charge on any atom is -0.449 e. The number of carbonyl (C=O) groups excluding carboxylic acids is 3. The summed E-state index contributed by atoms with van der Waals surface area (Å²) in [5.74, 6) is -1.61. The molecule has 1 heterocycles. The molecule has 160 valence electrons. The lowest BCUT2D eigenvalue weighted by Crippen LogP contribution is -2.40. The molecule has 31 heavy (non-hydrogen) atoms. The van der Waals surface area contributed by atoms with Crippen LogP contribution < -0.4 is 10.6 Å². The molecule has 0 aliphatic carbocycles. The van der Waals surface area contributed by atoms with Crippen LogP contribution in [-0.2, 0) is 14.3 Å². The van der Waals surface area contributed by atoms with E-state index in [0.717, 1.165) is 11.1 Å². The maximum absolute atomic E-state index is 12.3. The van der Waals surface area contributed by atoms with Gasteiger partial charge in [0, 0.05) is 5.69 Å². The van der Waals surface area contributed by atoms with Gasteiger partial charge in [0.15, 0.2) is 6.10 Å². The first-order valence-electron chi connectivity index (χ1n) is 9.53. The third kappa shape index (κ3) is 5.50. The fourth-order valence-corrected chi connectivity index (χ4v) is 2.82. The molecule has 0 saturated carbocycles. The molecule has 0 radical (unpaired) electrons. The first-order valence-corrected chi connectivity index (χ1v) is 9.53. The summed E-state index contributed by atoms with van der Waals surface area (Å²) in [6, 6.07) is 12.1. The Hall–Kier alpha value is -4.08. The first kappa shape index (κ1) is 21.6. The van der Waals surface area contributed by atoms with Crippen LogP contribution in [0, 0.1) is 13.8 Å². The van der Waals surface area contributed by atoms with Crippen molar-refractivity contribution in [1.82, 2.24) is 25.5 Å². The number of anilines is 1. The van der Waals surface area contributed by atoms with Crippen molar-refractivity contribution in [3.05, 3.63) is 65.5 Å². The van der Waals surface area contributed by atoms with E-state index in [2.05, 4.69) is 26.2 Å². The van der Waals surface area contributed by atoms with Gasteiger partial charge in [-0.3, -0.25) is 9.59 Å². The van der Waals surface area contributed by atoms with E-state index in [1.807, 2.05) is 32.0 Å². The average Bonchev–Trinajstić information content (AvgIpc) is 3.29. The molecule has 0 fully saturated rings. The van der Waals surface area contributed by atoms with Gasteiger partial charge in [0.05, 0.1) is 17.8 Å². The van der Waals surface area contributed by atoms with Crippen LogP contribution in [0.3, 0.4) is 0 Å². The van der Waals surface area contributed by atoms with Crippen LogP contribution in [-0.4, -0.2) is 50.6 Å². The zero-order chi connectivity index (χ0) is 22.4. The number of esters is 1. The normalized spacial score (nSPS) is 11.5. The van der Waals surface area contributed by atoms with E-state index in [0.29, 0.717) is 11.4 Å². The SMILES string of the molecule is Cc1cccc(C)c1NC(=O)CNC(=O)C(C)OC(=O)c1ccc(-n2cnnn2)cc1. The van der Waals surface area contributed by atoms with Crippen molar-refractivity contribution in [1.29, 1.82) is 0 Å². The van der Waals surface area contributed by atoms with E-state index in [-0.39, 0.29) is 18.0 Å². The van der Waals surface area contributed by atoms with Crippen LogP contribution in [0.25, 0.3) is 5.69 Å². The van der Waals surface area contributed by atoms with Crippen molar-refractivity contribution < 1.29 is 19.1 Å². The highest BCUT2D eigenvalue weighted by molar-refractivity contribution is 5.97. The quantitative estimate of drug-likeness (QED) is 0.553. The van der Waals surface area contributed by atoms with Crippen LogP contribution in [0.15, 0.2) is 48.8 Å². The second kappa shape index (κ2) is 9.61. The van der Waals surface area contributed by atoms with E-state index < -0.39 is 18.0 Å². The Morgan fingerprint density at radius 1 is 1.06 bits per heavy atom. The molecule has 0 saturated heterocycles. The van der Waals surface area contributed by atoms with Gasteiger partial charge in [-0.15, -0.1) is 5.10 Å². The van der Waals surface area contributed by atoms with E-state index in [4.69, 9.17) is 4.74 Å². The number of tetrazole rings is 1. The van der Waals surface area contributed by atoms with Gasteiger partial charge in [-0.1, -0.05) is 18.2 Å². The number of amides is 2. The maximum Gasteiger partial charge on any atom is 0.338 e. The number of carbonyl (C=O) groups is 3. The molecule has 3 rings (SSSR count). The van der Waals surface area contributed by atoms with E-state index >= 15 is 0 Å². The number of aryl methyl sites for hydroxylation is 2. The molecule has 2 N–H and O–H groups in total. The summed E-state index contributed by atoms with van der Waals surface area (Å²) in [6.07, 6.45) is 0.357. The predicted molar refractivity (Wildman–Crippen MR) is 112 cm³/mol. The third-order valence-corrected chi connectivity index (χ3v) is 4.54. The summed E-state index contributed by atoms with van der Waals surface area (Å²) in [4.78, 5) is 36.7. The number of aromatic nitrogens is 4. The summed E-state index contributed by atoms with van der Waals surface area (Å²) < 4.78 is 6.63. The third-order valence-electron chi connectivity index (χ3n) is 4.54. The number of benzene rings is 2. The van der Waals surface area contributed by atoms with Crippen molar-refractivity contribution in [2.75, 3.05) is 11.9 Å². The molecule has 1 unspecified atom stereocenters. The van der Waals surface area contributed by atoms with Gasteiger partial charge in [0.2, 0.25) is 5.91 Å². The number of nitrogens with zero attached hydrogens (tertiary/aromatic N) is 4. The molecule has 10 heteroatoms. The highest BCUT2D eigenvalue weighted by Crippen LogP contribution is 2.19. The Balaban J connectivity index is 1.49. The number of hydrogen-bond acceptors (Lipinski definition) is 7. The molecule has 10 nitrogen and oxygen atoms in total. The number of para-hydroxylation sites is 1. The zero-order valence-electron chi connectivity index (χ0n) is 17.3. The minimum atomic E-state index is -1.07. The van der Waals surface area contributed by atoms with Gasteiger partial charge in [-0.2, -0.15) is 0 Å². The molecule has 0 aliphatic heterocycles. The summed E-state index contributed by atoms with van der Waals surface area (Å²) in [7, 11) is 0. The van der Waals surface area contributed by atoms with Crippen LogP contribution in [0.5, 0.6) is 0 Å². The van der Waals surface area contributed by atoms with Crippen molar-refractivity contribution in [3.63, 3.8) is 0 Å². The Labute approximate surface area is 178 Å². The Morgan fingerprint density at radius 2 is 1.74 bits per heavy atom. The molecule has 1 aromatic heterocycles. The van der Waals surface area contributed by atoms with Crippen LogP contribution in [0.1, 0.15) is 28.4 Å². The fraction of sp³-hybridized carbons (Fsp3) is 0.238. The van der Waals surface area contributed by atoms with E-state index in [1.165, 1.54) is 17.9 Å². The van der Waals surface area contributed by atoms with Crippen molar-refractivity contribution >= 4 is 23.5 Å². The van der Waals surface area contributed by atoms with Crippen LogP contribution >= 0.6 is 0 Å². The molecule has 0 bridgehead atoms. The lowest BCUT2D eigenvalue weighted by Gasteiger charge is -2.15. The average molecular weight is 422 g/mol. The smallest absolute Gasteiger partial charge is 0.338 e. The Kier molecular flexibility index (Phi) is 6.71. The lowest BCUT2D eigenvalue weighted by atomic mass is 10.1. The fourth-order valence-electron chi connectivity index (χ4n) is 2.82. The zero-order valence-corrected chi connectivity index (χ0v) is 17.3. The number of ether oxygens (including phenoxy) is 1. The van der Waals surface area contributed by atoms with E-state index in [1.54, 1.807) is 24.3 Å². The summed E-state index contributed by atoms with van der Waals surface area (Å²) in [6.45, 7) is 4.97. The van der Waals surface area contributed by atoms with Gasteiger partial charge in [-0.25, -0.2) is 9.48 Å². The second-order valence-corrected chi connectivity index (χ2v) is 6.88.